The van der Waals surface area contributed by atoms with Gasteiger partial charge in [0.25, 0.3) is 0 Å². The van der Waals surface area contributed by atoms with Crippen molar-refractivity contribution in [2.75, 3.05) is 0 Å². The van der Waals surface area contributed by atoms with Gasteiger partial charge in [0.15, 0.2) is 0 Å². The predicted octanol–water partition coefficient (Wildman–Crippen LogP) is 10.1. The molecule has 0 nitrogen and oxygen atoms in total. The van der Waals surface area contributed by atoms with E-state index in [1.165, 1.54) is 50.1 Å². The number of hydrogen-bond donors (Lipinski definition) is 0. The van der Waals surface area contributed by atoms with Crippen LogP contribution in [-0.4, -0.2) is 0 Å². The third kappa shape index (κ3) is 5.27. The molecule has 0 aliphatic heterocycles. The molecule has 0 spiro atoms. The minimum absolute atomic E-state index is 0.0410. The molecule has 1 aliphatic carbocycles. The average Bonchev–Trinajstić information content (AvgIpc) is 3.02. The van der Waals surface area contributed by atoms with Crippen LogP contribution in [0.25, 0.3) is 16.7 Å². The fourth-order valence-corrected chi connectivity index (χ4v) is 4.73. The summed E-state index contributed by atoms with van der Waals surface area (Å²) in [7, 11) is 0. The highest BCUT2D eigenvalue weighted by Gasteiger charge is 2.35. The fourth-order valence-electron chi connectivity index (χ4n) is 4.73. The number of rotatable bonds is 7. The molecule has 0 amide bonds. The van der Waals surface area contributed by atoms with Gasteiger partial charge in [-0.25, -0.2) is 0 Å². The van der Waals surface area contributed by atoms with E-state index >= 15 is 0 Å². The van der Waals surface area contributed by atoms with Crippen LogP contribution in [0.3, 0.4) is 0 Å². The first kappa shape index (κ1) is 25.8. The van der Waals surface area contributed by atoms with Gasteiger partial charge in [-0.2, -0.15) is 0 Å². The first-order valence-corrected chi connectivity index (χ1v) is 12.6. The Morgan fingerprint density at radius 1 is 0.765 bits per heavy atom. The molecule has 3 rings (SSSR count). The second kappa shape index (κ2) is 10.2. The molecular formula is C34H42. The predicted molar refractivity (Wildman–Crippen MR) is 152 cm³/mol. The second-order valence-electron chi connectivity index (χ2n) is 11.0. The molecule has 1 aliphatic rings. The lowest BCUT2D eigenvalue weighted by atomic mass is 9.82. The Morgan fingerprint density at radius 3 is 2.06 bits per heavy atom. The van der Waals surface area contributed by atoms with Gasteiger partial charge < -0.3 is 0 Å². The quantitative estimate of drug-likeness (QED) is 0.368. The molecule has 0 aromatic heterocycles. The van der Waals surface area contributed by atoms with Crippen LogP contribution in [0.1, 0.15) is 79.0 Å². The molecule has 178 valence electrons. The van der Waals surface area contributed by atoms with Gasteiger partial charge >= 0.3 is 0 Å². The van der Waals surface area contributed by atoms with Crippen molar-refractivity contribution in [1.29, 1.82) is 0 Å². The smallest absolute Gasteiger partial charge is 0.0158 e. The van der Waals surface area contributed by atoms with Gasteiger partial charge in [-0.1, -0.05) is 131 Å². The molecular weight excluding hydrogens is 408 g/mol. The maximum atomic E-state index is 4.15. The molecule has 0 N–H and O–H groups in total. The van der Waals surface area contributed by atoms with Crippen LogP contribution < -0.4 is 0 Å². The zero-order valence-corrected chi connectivity index (χ0v) is 22.7. The van der Waals surface area contributed by atoms with Crippen molar-refractivity contribution < 1.29 is 0 Å². The van der Waals surface area contributed by atoms with Crippen LogP contribution in [0.5, 0.6) is 0 Å². The van der Waals surface area contributed by atoms with Crippen molar-refractivity contribution in [3.05, 3.63) is 112 Å². The first-order valence-electron chi connectivity index (χ1n) is 12.6. The summed E-state index contributed by atoms with van der Waals surface area (Å²) >= 11 is 0. The van der Waals surface area contributed by atoms with Gasteiger partial charge in [0, 0.05) is 5.41 Å². The Balaban J connectivity index is 2.06. The van der Waals surface area contributed by atoms with Gasteiger partial charge in [-0.3, -0.25) is 0 Å². The van der Waals surface area contributed by atoms with E-state index in [0.717, 1.165) is 5.57 Å². The summed E-state index contributed by atoms with van der Waals surface area (Å²) < 4.78 is 0. The number of benzene rings is 2. The Bertz CT molecular complexity index is 1200. The lowest BCUT2D eigenvalue weighted by Gasteiger charge is -2.21. The maximum Gasteiger partial charge on any atom is 0.0158 e. The van der Waals surface area contributed by atoms with Gasteiger partial charge in [-0.15, -0.1) is 0 Å². The highest BCUT2D eigenvalue weighted by Crippen LogP contribution is 2.49. The van der Waals surface area contributed by atoms with Crippen LogP contribution in [0.2, 0.25) is 0 Å². The Hall–Kier alpha value is -2.86. The standard InChI is InChI=1S/C34H42/c1-22(2)26(7)16-15-24(5)19-25(6)20-30(27(8)23(3)4)28-17-18-33-31(21-28)29-13-11-12-14-32(29)34(33,9)10/h11-23H,7H2,1-6,8-10H3/b16-15-,24-19+,25-20+,30-27-. The summed E-state index contributed by atoms with van der Waals surface area (Å²) in [5, 5.41) is 0. The van der Waals surface area contributed by atoms with E-state index in [1.807, 2.05) is 0 Å². The van der Waals surface area contributed by atoms with Crippen molar-refractivity contribution in [3.8, 4) is 11.1 Å². The Morgan fingerprint density at radius 2 is 1.41 bits per heavy atom. The lowest BCUT2D eigenvalue weighted by Crippen LogP contribution is -2.14. The molecule has 0 heterocycles. The van der Waals surface area contributed by atoms with E-state index in [2.05, 4.69) is 136 Å². The molecule has 34 heavy (non-hydrogen) atoms. The van der Waals surface area contributed by atoms with Crippen molar-refractivity contribution >= 4 is 5.57 Å². The number of allylic oxidation sites excluding steroid dienone is 9. The summed E-state index contributed by atoms with van der Waals surface area (Å²) in [6.45, 7) is 24.4. The van der Waals surface area contributed by atoms with Gasteiger partial charge in [0.1, 0.15) is 0 Å². The van der Waals surface area contributed by atoms with E-state index < -0.39 is 0 Å². The van der Waals surface area contributed by atoms with Crippen LogP contribution in [-0.2, 0) is 5.41 Å². The van der Waals surface area contributed by atoms with Gasteiger partial charge in [0.2, 0.25) is 0 Å². The van der Waals surface area contributed by atoms with Crippen LogP contribution in [0.15, 0.2) is 95.6 Å². The van der Waals surface area contributed by atoms with E-state index in [1.54, 1.807) is 0 Å². The molecule has 0 radical (unpaired) electrons. The van der Waals surface area contributed by atoms with E-state index in [9.17, 15) is 0 Å². The highest BCUT2D eigenvalue weighted by atomic mass is 14.4. The summed E-state index contributed by atoms with van der Waals surface area (Å²) in [4.78, 5) is 0. The molecule has 2 aromatic carbocycles. The van der Waals surface area contributed by atoms with E-state index in [4.69, 9.17) is 0 Å². The van der Waals surface area contributed by atoms with Gasteiger partial charge in [0.05, 0.1) is 0 Å². The topological polar surface area (TPSA) is 0 Å². The van der Waals surface area contributed by atoms with Crippen molar-refractivity contribution in [3.63, 3.8) is 0 Å². The Labute approximate surface area is 208 Å². The molecule has 2 aromatic rings. The zero-order valence-electron chi connectivity index (χ0n) is 22.7. The summed E-state index contributed by atoms with van der Waals surface area (Å²) in [5.74, 6) is 0.953. The number of hydrogen-bond acceptors (Lipinski definition) is 0. The second-order valence-corrected chi connectivity index (χ2v) is 11.0. The minimum atomic E-state index is 0.0410. The van der Waals surface area contributed by atoms with Crippen LogP contribution in [0, 0.1) is 11.8 Å². The molecule has 0 bridgehead atoms. The van der Waals surface area contributed by atoms with Crippen LogP contribution >= 0.6 is 0 Å². The van der Waals surface area contributed by atoms with E-state index in [-0.39, 0.29) is 5.41 Å². The molecule has 0 saturated carbocycles. The average molecular weight is 451 g/mol. The first-order chi connectivity index (χ1) is 15.9. The fraction of sp³-hybridized carbons (Fsp3) is 0.353. The normalized spacial score (nSPS) is 16.2. The lowest BCUT2D eigenvalue weighted by molar-refractivity contribution is 0.660. The monoisotopic (exact) mass is 450 g/mol. The zero-order chi connectivity index (χ0) is 25.2. The highest BCUT2D eigenvalue weighted by molar-refractivity contribution is 5.86. The van der Waals surface area contributed by atoms with Crippen molar-refractivity contribution in [1.82, 2.24) is 0 Å². The molecule has 0 fully saturated rings. The Kier molecular flexibility index (Phi) is 7.71. The van der Waals surface area contributed by atoms with E-state index in [0.29, 0.717) is 11.8 Å². The van der Waals surface area contributed by atoms with Crippen LogP contribution in [0.4, 0.5) is 0 Å². The third-order valence-corrected chi connectivity index (χ3v) is 7.31. The maximum absolute atomic E-state index is 4.15. The molecule has 0 saturated heterocycles. The van der Waals surface area contributed by atoms with Crippen molar-refractivity contribution in [2.24, 2.45) is 11.8 Å². The summed E-state index contributed by atoms with van der Waals surface area (Å²) in [6.07, 6.45) is 8.94. The SMILES string of the molecule is C=C(\C=C/C(C)=C/C(C)=C/C(=C(\C)C(C)C)c1ccc2c(c1)-c1ccccc1C2(C)C)C(C)C. The van der Waals surface area contributed by atoms with Crippen molar-refractivity contribution in [2.45, 2.75) is 67.7 Å². The largest absolute Gasteiger partial charge is 0.0956 e. The molecule has 0 unspecified atom stereocenters. The number of fused-ring (bicyclic) bond motifs is 3. The minimum Gasteiger partial charge on any atom is -0.0956 e. The summed E-state index contributed by atoms with van der Waals surface area (Å²) in [6, 6.07) is 16.0. The van der Waals surface area contributed by atoms with Gasteiger partial charge in [-0.05, 0) is 72.1 Å². The molecule has 0 heteroatoms. The summed E-state index contributed by atoms with van der Waals surface area (Å²) in [5.41, 5.74) is 13.3. The third-order valence-electron chi connectivity index (χ3n) is 7.31. The molecule has 0 atom stereocenters.